The molecular formula is C14H19FN2O2. The van der Waals surface area contributed by atoms with Gasteiger partial charge in [0.05, 0.1) is 12.1 Å². The Morgan fingerprint density at radius 1 is 1.42 bits per heavy atom. The van der Waals surface area contributed by atoms with Crippen molar-refractivity contribution in [3.8, 4) is 0 Å². The fourth-order valence-electron chi connectivity index (χ4n) is 2.46. The molecule has 0 aromatic heterocycles. The molecular weight excluding hydrogens is 247 g/mol. The normalized spacial score (nSPS) is 18.0. The van der Waals surface area contributed by atoms with Crippen molar-refractivity contribution < 1.29 is 13.9 Å². The van der Waals surface area contributed by atoms with Crippen LogP contribution in [-0.2, 0) is 15.1 Å². The molecule has 0 saturated carbocycles. The van der Waals surface area contributed by atoms with Crippen LogP contribution in [0.1, 0.15) is 18.4 Å². The van der Waals surface area contributed by atoms with Crippen molar-refractivity contribution in [3.05, 3.63) is 35.6 Å². The Balaban J connectivity index is 2.26. The summed E-state index contributed by atoms with van der Waals surface area (Å²) in [7, 11) is 1.72. The molecule has 1 aromatic carbocycles. The van der Waals surface area contributed by atoms with Crippen molar-refractivity contribution in [1.82, 2.24) is 10.6 Å². The van der Waals surface area contributed by atoms with Crippen molar-refractivity contribution in [2.24, 2.45) is 0 Å². The van der Waals surface area contributed by atoms with Crippen LogP contribution in [0.15, 0.2) is 24.3 Å². The highest BCUT2D eigenvalue weighted by atomic mass is 19.1. The summed E-state index contributed by atoms with van der Waals surface area (Å²) in [6.45, 7) is 1.38. The predicted octanol–water partition coefficient (Wildman–Crippen LogP) is 1.17. The number of nitrogens with one attached hydrogen (secondary N) is 2. The number of carbonyl (C=O) groups is 1. The first-order valence-corrected chi connectivity index (χ1v) is 6.46. The molecule has 0 radical (unpaired) electrons. The first-order chi connectivity index (χ1) is 9.16. The summed E-state index contributed by atoms with van der Waals surface area (Å²) in [5.41, 5.74) is 0.286. The molecule has 104 valence electrons. The zero-order valence-electron chi connectivity index (χ0n) is 11.0. The van der Waals surface area contributed by atoms with Crippen molar-refractivity contribution in [2.75, 3.05) is 26.8 Å². The predicted molar refractivity (Wildman–Crippen MR) is 70.2 cm³/mol. The van der Waals surface area contributed by atoms with Crippen LogP contribution in [0, 0.1) is 5.82 Å². The summed E-state index contributed by atoms with van der Waals surface area (Å²) < 4.78 is 18.8. The summed E-state index contributed by atoms with van der Waals surface area (Å²) in [6, 6.07) is 6.43. The lowest BCUT2D eigenvalue weighted by Crippen LogP contribution is -2.51. The zero-order valence-corrected chi connectivity index (χ0v) is 11.0. The van der Waals surface area contributed by atoms with E-state index >= 15 is 0 Å². The minimum absolute atomic E-state index is 0.0892. The standard InChI is InChI=1S/C14H19FN2O2/c1-16-10-13(18)17-14(5-7-19-8-6-14)11-3-2-4-12(15)9-11/h2-4,9,16H,5-8,10H2,1H3,(H,17,18). The Morgan fingerprint density at radius 3 is 2.79 bits per heavy atom. The van der Waals surface area contributed by atoms with Crippen LogP contribution < -0.4 is 10.6 Å². The van der Waals surface area contributed by atoms with Gasteiger partial charge < -0.3 is 15.4 Å². The second kappa shape index (κ2) is 6.12. The molecule has 2 rings (SSSR count). The van der Waals surface area contributed by atoms with E-state index in [-0.39, 0.29) is 18.3 Å². The van der Waals surface area contributed by atoms with Gasteiger partial charge in [0.1, 0.15) is 5.82 Å². The number of rotatable bonds is 4. The Morgan fingerprint density at radius 2 is 2.16 bits per heavy atom. The molecule has 1 fully saturated rings. The van der Waals surface area contributed by atoms with Gasteiger partial charge in [0.2, 0.25) is 5.91 Å². The Bertz CT molecular complexity index is 445. The second-order valence-electron chi connectivity index (χ2n) is 4.78. The third kappa shape index (κ3) is 3.30. The number of ether oxygens (including phenoxy) is 1. The van der Waals surface area contributed by atoms with Crippen molar-refractivity contribution >= 4 is 5.91 Å². The van der Waals surface area contributed by atoms with Gasteiger partial charge in [-0.2, -0.15) is 0 Å². The lowest BCUT2D eigenvalue weighted by atomic mass is 9.82. The smallest absolute Gasteiger partial charge is 0.234 e. The van der Waals surface area contributed by atoms with Crippen LogP contribution in [0.5, 0.6) is 0 Å². The molecule has 0 atom stereocenters. The van der Waals surface area contributed by atoms with E-state index in [1.54, 1.807) is 13.1 Å². The first kappa shape index (κ1) is 14.0. The molecule has 4 nitrogen and oxygen atoms in total. The monoisotopic (exact) mass is 266 g/mol. The molecule has 1 aromatic rings. The molecule has 1 heterocycles. The first-order valence-electron chi connectivity index (χ1n) is 6.46. The minimum Gasteiger partial charge on any atom is -0.381 e. The highest BCUT2D eigenvalue weighted by Gasteiger charge is 2.35. The quantitative estimate of drug-likeness (QED) is 0.860. The highest BCUT2D eigenvalue weighted by Crippen LogP contribution is 2.32. The Kier molecular flexibility index (Phi) is 4.50. The SMILES string of the molecule is CNCC(=O)NC1(c2cccc(F)c2)CCOCC1. The van der Waals surface area contributed by atoms with E-state index in [9.17, 15) is 9.18 Å². The third-order valence-electron chi connectivity index (χ3n) is 3.44. The van der Waals surface area contributed by atoms with E-state index in [0.717, 1.165) is 5.56 Å². The fourth-order valence-corrected chi connectivity index (χ4v) is 2.46. The summed E-state index contributed by atoms with van der Waals surface area (Å²) >= 11 is 0. The molecule has 0 spiro atoms. The number of amides is 1. The van der Waals surface area contributed by atoms with Crippen molar-refractivity contribution in [1.29, 1.82) is 0 Å². The summed E-state index contributed by atoms with van der Waals surface area (Å²) in [5, 5.41) is 5.85. The highest BCUT2D eigenvalue weighted by molar-refractivity contribution is 5.79. The Labute approximate surface area is 112 Å². The van der Waals surface area contributed by atoms with E-state index in [1.165, 1.54) is 12.1 Å². The lowest BCUT2D eigenvalue weighted by molar-refractivity contribution is -0.123. The molecule has 1 amide bonds. The van der Waals surface area contributed by atoms with E-state index in [0.29, 0.717) is 26.1 Å². The van der Waals surface area contributed by atoms with Gasteiger partial charge in [-0.3, -0.25) is 4.79 Å². The second-order valence-corrected chi connectivity index (χ2v) is 4.78. The number of benzene rings is 1. The van der Waals surface area contributed by atoms with Crippen LogP contribution >= 0.6 is 0 Å². The van der Waals surface area contributed by atoms with Crippen LogP contribution in [0.3, 0.4) is 0 Å². The van der Waals surface area contributed by atoms with Gasteiger partial charge in [0.15, 0.2) is 0 Å². The molecule has 1 aliphatic rings. The lowest BCUT2D eigenvalue weighted by Gasteiger charge is -2.38. The molecule has 2 N–H and O–H groups in total. The molecule has 0 bridgehead atoms. The van der Waals surface area contributed by atoms with Crippen LogP contribution in [0.25, 0.3) is 0 Å². The minimum atomic E-state index is -0.520. The number of likely N-dealkylation sites (N-methyl/N-ethyl adjacent to an activating group) is 1. The number of halogens is 1. The van der Waals surface area contributed by atoms with E-state index in [1.807, 2.05) is 6.07 Å². The zero-order chi connectivity index (χ0) is 13.7. The molecule has 19 heavy (non-hydrogen) atoms. The van der Waals surface area contributed by atoms with Gasteiger partial charge in [-0.05, 0) is 37.6 Å². The number of hydrogen-bond donors (Lipinski definition) is 2. The average molecular weight is 266 g/mol. The van der Waals surface area contributed by atoms with Crippen LogP contribution in [0.2, 0.25) is 0 Å². The fraction of sp³-hybridized carbons (Fsp3) is 0.500. The van der Waals surface area contributed by atoms with E-state index in [2.05, 4.69) is 10.6 Å². The Hall–Kier alpha value is -1.46. The van der Waals surface area contributed by atoms with Crippen molar-refractivity contribution in [3.63, 3.8) is 0 Å². The third-order valence-corrected chi connectivity index (χ3v) is 3.44. The van der Waals surface area contributed by atoms with Gasteiger partial charge in [0, 0.05) is 13.2 Å². The summed E-state index contributed by atoms with van der Waals surface area (Å²) in [4.78, 5) is 11.9. The average Bonchev–Trinajstić information content (AvgIpc) is 2.40. The maximum atomic E-state index is 13.4. The number of hydrogen-bond acceptors (Lipinski definition) is 3. The van der Waals surface area contributed by atoms with Gasteiger partial charge >= 0.3 is 0 Å². The van der Waals surface area contributed by atoms with Gasteiger partial charge in [0.25, 0.3) is 0 Å². The molecule has 5 heteroatoms. The van der Waals surface area contributed by atoms with E-state index < -0.39 is 5.54 Å². The largest absolute Gasteiger partial charge is 0.381 e. The molecule has 1 saturated heterocycles. The van der Waals surface area contributed by atoms with Crippen LogP contribution in [0.4, 0.5) is 4.39 Å². The summed E-state index contributed by atoms with van der Waals surface area (Å²) in [6.07, 6.45) is 1.32. The van der Waals surface area contributed by atoms with Crippen LogP contribution in [-0.4, -0.2) is 32.7 Å². The maximum Gasteiger partial charge on any atom is 0.234 e. The van der Waals surface area contributed by atoms with E-state index in [4.69, 9.17) is 4.74 Å². The molecule has 0 aliphatic carbocycles. The summed E-state index contributed by atoms with van der Waals surface area (Å²) in [5.74, 6) is -0.375. The van der Waals surface area contributed by atoms with Gasteiger partial charge in [-0.15, -0.1) is 0 Å². The van der Waals surface area contributed by atoms with Crippen molar-refractivity contribution in [2.45, 2.75) is 18.4 Å². The van der Waals surface area contributed by atoms with Gasteiger partial charge in [-0.25, -0.2) is 4.39 Å². The van der Waals surface area contributed by atoms with Gasteiger partial charge in [-0.1, -0.05) is 12.1 Å². The molecule has 0 unspecified atom stereocenters. The molecule has 1 aliphatic heterocycles. The number of carbonyl (C=O) groups excluding carboxylic acids is 1. The maximum absolute atomic E-state index is 13.4. The topological polar surface area (TPSA) is 50.4 Å².